The third-order valence-electron chi connectivity index (χ3n) is 4.35. The average molecular weight is 386 g/mol. The zero-order chi connectivity index (χ0) is 19.9. The molecule has 2 aromatic heterocycles. The summed E-state index contributed by atoms with van der Waals surface area (Å²) < 4.78 is 14.7. The van der Waals surface area contributed by atoms with Crippen LogP contribution in [0, 0.1) is 19.7 Å². The molecule has 0 unspecified atom stereocenters. The van der Waals surface area contributed by atoms with Gasteiger partial charge in [0.1, 0.15) is 17.4 Å². The minimum absolute atomic E-state index is 0. The van der Waals surface area contributed by atoms with Crippen molar-refractivity contribution in [3.05, 3.63) is 69.5 Å². The first kappa shape index (κ1) is 20.6. The van der Waals surface area contributed by atoms with E-state index < -0.39 is 17.3 Å². The molecular formula is C19H19FN4O4. The molecule has 3 aromatic rings. The summed E-state index contributed by atoms with van der Waals surface area (Å²) in [7, 11) is 0. The summed E-state index contributed by atoms with van der Waals surface area (Å²) in [6.07, 6.45) is 2.30. The Hall–Kier alpha value is -3.72. The van der Waals surface area contributed by atoms with Crippen molar-refractivity contribution in [2.45, 2.75) is 13.8 Å². The molecule has 0 atom stereocenters. The van der Waals surface area contributed by atoms with Crippen molar-refractivity contribution in [1.82, 2.24) is 9.55 Å². The molecule has 7 N–H and O–H groups in total. The van der Waals surface area contributed by atoms with Gasteiger partial charge in [0.2, 0.25) is 0 Å². The van der Waals surface area contributed by atoms with E-state index in [1.165, 1.54) is 18.3 Å². The van der Waals surface area contributed by atoms with E-state index in [1.54, 1.807) is 19.9 Å². The van der Waals surface area contributed by atoms with E-state index in [0.717, 1.165) is 16.8 Å². The van der Waals surface area contributed by atoms with Gasteiger partial charge >= 0.3 is 0 Å². The molecule has 1 aromatic carbocycles. The molecule has 2 heterocycles. The van der Waals surface area contributed by atoms with Crippen molar-refractivity contribution in [2.75, 3.05) is 5.73 Å². The molecule has 0 saturated carbocycles. The van der Waals surface area contributed by atoms with E-state index in [9.17, 15) is 19.1 Å². The number of hydrogen-bond donors (Lipinski definition) is 3. The molecule has 9 heteroatoms. The molecule has 0 aliphatic rings. The number of aromatic hydroxyl groups is 1. The van der Waals surface area contributed by atoms with Gasteiger partial charge in [-0.3, -0.25) is 19.1 Å². The number of halogens is 1. The summed E-state index contributed by atoms with van der Waals surface area (Å²) in [6, 6.07) is 5.45. The van der Waals surface area contributed by atoms with Crippen LogP contribution in [-0.4, -0.2) is 26.0 Å². The van der Waals surface area contributed by atoms with E-state index in [-0.39, 0.29) is 33.7 Å². The molecule has 0 radical (unpaired) electrons. The van der Waals surface area contributed by atoms with Gasteiger partial charge in [-0.05, 0) is 37.6 Å². The molecule has 0 spiro atoms. The molecule has 1 amide bonds. The number of nitrogens with zero attached hydrogens (tertiary/aromatic N) is 2. The minimum atomic E-state index is -0.845. The maximum Gasteiger partial charge on any atom is 0.264 e. The van der Waals surface area contributed by atoms with Gasteiger partial charge in [0.15, 0.2) is 0 Å². The van der Waals surface area contributed by atoms with Gasteiger partial charge in [0, 0.05) is 17.3 Å². The van der Waals surface area contributed by atoms with Crippen LogP contribution in [0.4, 0.5) is 10.2 Å². The second-order valence-corrected chi connectivity index (χ2v) is 6.13. The SMILES string of the molecule is Cc1ccc(O)c(C)c1-n1c(N)c(C(N)=O)cc(-c2cncc(F)c2)c1=O.O. The van der Waals surface area contributed by atoms with Crippen LogP contribution >= 0.6 is 0 Å². The monoisotopic (exact) mass is 386 g/mol. The normalized spacial score (nSPS) is 10.4. The highest BCUT2D eigenvalue weighted by molar-refractivity contribution is 5.98. The van der Waals surface area contributed by atoms with E-state index in [4.69, 9.17) is 11.5 Å². The zero-order valence-electron chi connectivity index (χ0n) is 15.2. The first-order chi connectivity index (χ1) is 12.7. The number of phenolic OH excluding ortho intramolecular Hbond substituents is 1. The van der Waals surface area contributed by atoms with Gasteiger partial charge in [0.25, 0.3) is 11.5 Å². The predicted octanol–water partition coefficient (Wildman–Crippen LogP) is 1.22. The van der Waals surface area contributed by atoms with Crippen LogP contribution in [-0.2, 0) is 0 Å². The molecule has 3 rings (SSSR count). The predicted molar refractivity (Wildman–Crippen MR) is 103 cm³/mol. The maximum atomic E-state index is 13.6. The Kier molecular flexibility index (Phi) is 5.51. The average Bonchev–Trinajstić information content (AvgIpc) is 2.61. The molecule has 0 bridgehead atoms. The van der Waals surface area contributed by atoms with E-state index in [2.05, 4.69) is 4.98 Å². The lowest BCUT2D eigenvalue weighted by atomic mass is 10.0. The number of carbonyl (C=O) groups is 1. The van der Waals surface area contributed by atoms with Crippen LogP contribution < -0.4 is 17.0 Å². The number of aromatic nitrogens is 2. The van der Waals surface area contributed by atoms with E-state index in [1.807, 2.05) is 0 Å². The highest BCUT2D eigenvalue weighted by atomic mass is 19.1. The Morgan fingerprint density at radius 1 is 1.21 bits per heavy atom. The lowest BCUT2D eigenvalue weighted by Crippen LogP contribution is -2.28. The Labute approximate surface area is 159 Å². The van der Waals surface area contributed by atoms with Crippen LogP contribution in [0.25, 0.3) is 16.8 Å². The maximum absolute atomic E-state index is 13.6. The van der Waals surface area contributed by atoms with Gasteiger partial charge < -0.3 is 22.1 Å². The Morgan fingerprint density at radius 3 is 2.50 bits per heavy atom. The van der Waals surface area contributed by atoms with E-state index in [0.29, 0.717) is 16.8 Å². The van der Waals surface area contributed by atoms with Crippen LogP contribution in [0.5, 0.6) is 5.75 Å². The summed E-state index contributed by atoms with van der Waals surface area (Å²) in [5.41, 5.74) is 12.3. The van der Waals surface area contributed by atoms with Gasteiger partial charge in [-0.15, -0.1) is 0 Å². The summed E-state index contributed by atoms with van der Waals surface area (Å²) in [5.74, 6) is -1.69. The Bertz CT molecular complexity index is 1140. The van der Waals surface area contributed by atoms with Crippen LogP contribution in [0.15, 0.2) is 41.5 Å². The molecule has 0 saturated heterocycles. The molecule has 0 fully saturated rings. The number of aryl methyl sites for hydroxylation is 1. The molecule has 28 heavy (non-hydrogen) atoms. The second-order valence-electron chi connectivity index (χ2n) is 6.13. The number of primary amides is 1. The van der Waals surface area contributed by atoms with Crippen LogP contribution in [0.1, 0.15) is 21.5 Å². The number of pyridine rings is 2. The summed E-state index contributed by atoms with van der Waals surface area (Å²) in [5, 5.41) is 10.1. The Balaban J connectivity index is 0.00000280. The highest BCUT2D eigenvalue weighted by Crippen LogP contribution is 2.30. The van der Waals surface area contributed by atoms with Crippen molar-refractivity contribution in [2.24, 2.45) is 5.73 Å². The summed E-state index contributed by atoms with van der Waals surface area (Å²) in [6.45, 7) is 3.35. The van der Waals surface area contributed by atoms with Crippen LogP contribution in [0.2, 0.25) is 0 Å². The second kappa shape index (κ2) is 7.49. The topological polar surface area (TPSA) is 156 Å². The third kappa shape index (κ3) is 3.30. The number of nitrogens with two attached hydrogens (primary N) is 2. The van der Waals surface area contributed by atoms with Gasteiger partial charge in [-0.1, -0.05) is 6.07 Å². The van der Waals surface area contributed by atoms with Crippen molar-refractivity contribution in [1.29, 1.82) is 0 Å². The fourth-order valence-electron chi connectivity index (χ4n) is 2.98. The fourth-order valence-corrected chi connectivity index (χ4v) is 2.98. The number of anilines is 1. The van der Waals surface area contributed by atoms with Gasteiger partial charge in [-0.2, -0.15) is 0 Å². The lowest BCUT2D eigenvalue weighted by Gasteiger charge is -2.19. The number of benzene rings is 1. The van der Waals surface area contributed by atoms with Gasteiger partial charge in [-0.25, -0.2) is 4.39 Å². The van der Waals surface area contributed by atoms with Crippen molar-refractivity contribution >= 4 is 11.7 Å². The number of carbonyl (C=O) groups excluding carboxylic acids is 1. The zero-order valence-corrected chi connectivity index (χ0v) is 15.2. The quantitative estimate of drug-likeness (QED) is 0.617. The molecular weight excluding hydrogens is 367 g/mol. The largest absolute Gasteiger partial charge is 0.508 e. The molecule has 146 valence electrons. The smallest absolute Gasteiger partial charge is 0.264 e. The Morgan fingerprint density at radius 2 is 1.89 bits per heavy atom. The van der Waals surface area contributed by atoms with E-state index >= 15 is 0 Å². The number of hydrogen-bond acceptors (Lipinski definition) is 5. The lowest BCUT2D eigenvalue weighted by molar-refractivity contribution is 0.100. The van der Waals surface area contributed by atoms with Crippen molar-refractivity contribution < 1.29 is 19.8 Å². The molecule has 0 aliphatic heterocycles. The number of rotatable bonds is 3. The van der Waals surface area contributed by atoms with Crippen molar-refractivity contribution in [3.8, 4) is 22.6 Å². The highest BCUT2D eigenvalue weighted by Gasteiger charge is 2.21. The standard InChI is InChI=1S/C19H17FN4O3.H2O/c1-9-3-4-15(25)10(2)16(9)24-17(21)14(18(22)26)6-13(19(24)27)11-5-12(20)8-23-7-11;/h3-8,25H,21H2,1-2H3,(H2,22,26);1H2. The van der Waals surface area contributed by atoms with Crippen LogP contribution in [0.3, 0.4) is 0 Å². The summed E-state index contributed by atoms with van der Waals surface area (Å²) >= 11 is 0. The fraction of sp³-hybridized carbons (Fsp3) is 0.105. The van der Waals surface area contributed by atoms with Gasteiger partial charge in [0.05, 0.1) is 23.0 Å². The minimum Gasteiger partial charge on any atom is -0.508 e. The number of amides is 1. The molecule has 0 aliphatic carbocycles. The third-order valence-corrected chi connectivity index (χ3v) is 4.35. The van der Waals surface area contributed by atoms with Crippen molar-refractivity contribution in [3.63, 3.8) is 0 Å². The summed E-state index contributed by atoms with van der Waals surface area (Å²) in [4.78, 5) is 28.8. The number of nitrogen functional groups attached to an aromatic ring is 1. The molecule has 8 nitrogen and oxygen atoms in total. The first-order valence-corrected chi connectivity index (χ1v) is 7.98. The first-order valence-electron chi connectivity index (χ1n) is 7.98. The number of phenols is 1.